The lowest BCUT2D eigenvalue weighted by atomic mass is 9.75. The SMILES string of the molecule is C=C(C)C(=O)OC1[C@@H](OC(=O)C(=C)C)[C@H]2C(=C)C(=O)O[C@@H]2CC(C)[C@@H]2O[C@@H]2C(=O)[C@]1(C)O. The Morgan fingerprint density at radius 1 is 1.12 bits per heavy atom. The first-order chi connectivity index (χ1) is 14.8. The molecule has 0 aromatic rings. The first-order valence-electron chi connectivity index (χ1n) is 10.3. The van der Waals surface area contributed by atoms with Crippen LogP contribution in [0.2, 0.25) is 0 Å². The van der Waals surface area contributed by atoms with Crippen molar-refractivity contribution in [3.8, 4) is 0 Å². The fourth-order valence-electron chi connectivity index (χ4n) is 4.21. The van der Waals surface area contributed by atoms with Gasteiger partial charge in [-0.2, -0.15) is 0 Å². The molecule has 0 aromatic heterocycles. The molecule has 3 aliphatic rings. The van der Waals surface area contributed by atoms with Gasteiger partial charge < -0.3 is 24.1 Å². The van der Waals surface area contributed by atoms with Gasteiger partial charge in [0.1, 0.15) is 12.2 Å². The zero-order valence-electron chi connectivity index (χ0n) is 18.6. The Morgan fingerprint density at radius 2 is 1.69 bits per heavy atom. The standard InChI is InChI=1S/C23H28O9/c1-9(2)20(25)31-16-14-12(6)22(27)29-13(14)8-11(5)15-17(30-15)18(24)23(7,28)19(16)32-21(26)10(3)4/h11,13-17,19,28H,1,3,6,8H2,2,4-5,7H3/t11?,13-,14+,15+,16+,17+,19?,23+/m1/s1. The normalized spacial score (nSPS) is 38.7. The highest BCUT2D eigenvalue weighted by molar-refractivity contribution is 5.95. The molecule has 0 bridgehead atoms. The number of carbonyl (C=O) groups is 4. The lowest BCUT2D eigenvalue weighted by Gasteiger charge is -2.40. The van der Waals surface area contributed by atoms with Gasteiger partial charge in [0.2, 0.25) is 0 Å². The zero-order valence-corrected chi connectivity index (χ0v) is 18.6. The second kappa shape index (κ2) is 8.29. The molecule has 1 N–H and O–H groups in total. The summed E-state index contributed by atoms with van der Waals surface area (Å²) in [5.41, 5.74) is -2.31. The maximum absolute atomic E-state index is 13.2. The van der Waals surface area contributed by atoms with Gasteiger partial charge >= 0.3 is 17.9 Å². The van der Waals surface area contributed by atoms with E-state index < -0.39 is 65.7 Å². The molecule has 9 heteroatoms. The Labute approximate surface area is 186 Å². The minimum atomic E-state index is -2.32. The molecule has 1 aliphatic carbocycles. The van der Waals surface area contributed by atoms with E-state index in [2.05, 4.69) is 19.7 Å². The fraction of sp³-hybridized carbons (Fsp3) is 0.565. The Kier molecular flexibility index (Phi) is 6.19. The van der Waals surface area contributed by atoms with Crippen molar-refractivity contribution in [1.29, 1.82) is 0 Å². The highest BCUT2D eigenvalue weighted by Crippen LogP contribution is 2.45. The van der Waals surface area contributed by atoms with Crippen LogP contribution in [-0.2, 0) is 38.1 Å². The minimum absolute atomic E-state index is 0.00128. The van der Waals surface area contributed by atoms with Crippen LogP contribution < -0.4 is 0 Å². The number of epoxide rings is 1. The van der Waals surface area contributed by atoms with Crippen molar-refractivity contribution < 1.29 is 43.2 Å². The first-order valence-corrected chi connectivity index (χ1v) is 10.3. The van der Waals surface area contributed by atoms with Crippen LogP contribution >= 0.6 is 0 Å². The predicted molar refractivity (Wildman–Crippen MR) is 110 cm³/mol. The summed E-state index contributed by atoms with van der Waals surface area (Å²) >= 11 is 0. The molecule has 2 saturated heterocycles. The first kappa shape index (κ1) is 23.9. The highest BCUT2D eigenvalue weighted by Gasteiger charge is 2.63. The molecule has 0 amide bonds. The quantitative estimate of drug-likeness (QED) is 0.292. The monoisotopic (exact) mass is 448 g/mol. The topological polar surface area (TPSA) is 129 Å². The Balaban J connectivity index is 2.16. The predicted octanol–water partition coefficient (Wildman–Crippen LogP) is 1.19. The van der Waals surface area contributed by atoms with Crippen LogP contribution in [-0.4, -0.2) is 64.9 Å². The number of hydrogen-bond acceptors (Lipinski definition) is 9. The molecule has 0 radical (unpaired) electrons. The van der Waals surface area contributed by atoms with Gasteiger partial charge in [0.15, 0.2) is 23.6 Å². The largest absolute Gasteiger partial charge is 0.458 e. The zero-order chi connectivity index (χ0) is 24.1. The van der Waals surface area contributed by atoms with Gasteiger partial charge in [-0.15, -0.1) is 0 Å². The molecule has 1 saturated carbocycles. The maximum atomic E-state index is 13.2. The average molecular weight is 448 g/mol. The number of ketones is 1. The van der Waals surface area contributed by atoms with Crippen LogP contribution in [0.15, 0.2) is 36.5 Å². The number of carbonyl (C=O) groups excluding carboxylic acids is 4. The Morgan fingerprint density at radius 3 is 2.25 bits per heavy atom. The minimum Gasteiger partial charge on any atom is -0.458 e. The summed E-state index contributed by atoms with van der Waals surface area (Å²) in [6, 6.07) is 0. The lowest BCUT2D eigenvalue weighted by molar-refractivity contribution is -0.195. The van der Waals surface area contributed by atoms with Gasteiger partial charge in [-0.1, -0.05) is 26.7 Å². The van der Waals surface area contributed by atoms with Gasteiger partial charge in [0.05, 0.1) is 12.0 Å². The van der Waals surface area contributed by atoms with Crippen LogP contribution in [0.3, 0.4) is 0 Å². The summed E-state index contributed by atoms with van der Waals surface area (Å²) in [5.74, 6) is -4.38. The summed E-state index contributed by atoms with van der Waals surface area (Å²) in [6.07, 6.45) is -5.09. The molecule has 2 heterocycles. The van der Waals surface area contributed by atoms with Crippen LogP contribution in [0.25, 0.3) is 0 Å². The van der Waals surface area contributed by atoms with Gasteiger partial charge in [-0.25, -0.2) is 14.4 Å². The number of Topliss-reactive ketones (excluding diaryl/α,β-unsaturated/α-hetero) is 1. The number of ether oxygens (including phenoxy) is 4. The van der Waals surface area contributed by atoms with Crippen molar-refractivity contribution in [1.82, 2.24) is 0 Å². The van der Waals surface area contributed by atoms with Gasteiger partial charge in [-0.3, -0.25) is 4.79 Å². The van der Waals surface area contributed by atoms with Crippen molar-refractivity contribution in [3.05, 3.63) is 36.5 Å². The lowest BCUT2D eigenvalue weighted by Crippen LogP contribution is -2.60. The van der Waals surface area contributed by atoms with E-state index in [1.165, 1.54) is 13.8 Å². The fourth-order valence-corrected chi connectivity index (χ4v) is 4.21. The number of rotatable bonds is 4. The van der Waals surface area contributed by atoms with Crippen molar-refractivity contribution in [2.24, 2.45) is 11.8 Å². The van der Waals surface area contributed by atoms with E-state index in [9.17, 15) is 24.3 Å². The summed E-state index contributed by atoms with van der Waals surface area (Å²) in [7, 11) is 0. The third-order valence-corrected chi connectivity index (χ3v) is 6.15. The van der Waals surface area contributed by atoms with Crippen LogP contribution in [0.4, 0.5) is 0 Å². The molecule has 9 nitrogen and oxygen atoms in total. The number of esters is 3. The molecule has 0 aromatic carbocycles. The summed E-state index contributed by atoms with van der Waals surface area (Å²) in [5, 5.41) is 11.3. The van der Waals surface area contributed by atoms with Crippen LogP contribution in [0.5, 0.6) is 0 Å². The van der Waals surface area contributed by atoms with E-state index in [0.717, 1.165) is 6.92 Å². The third kappa shape index (κ3) is 4.14. The smallest absolute Gasteiger partial charge is 0.334 e. The highest BCUT2D eigenvalue weighted by atomic mass is 16.6. The van der Waals surface area contributed by atoms with E-state index in [1.54, 1.807) is 0 Å². The Bertz CT molecular complexity index is 914. The van der Waals surface area contributed by atoms with Gasteiger partial charge in [0.25, 0.3) is 0 Å². The molecule has 0 spiro atoms. The molecule has 2 unspecified atom stereocenters. The van der Waals surface area contributed by atoms with E-state index in [4.69, 9.17) is 18.9 Å². The Hall–Kier alpha value is -2.78. The molecular weight excluding hydrogens is 420 g/mol. The van der Waals surface area contributed by atoms with Gasteiger partial charge in [-0.05, 0) is 33.1 Å². The molecule has 2 aliphatic heterocycles. The maximum Gasteiger partial charge on any atom is 0.334 e. The van der Waals surface area contributed by atoms with E-state index in [1.807, 2.05) is 6.92 Å². The molecule has 32 heavy (non-hydrogen) atoms. The molecule has 8 atom stereocenters. The van der Waals surface area contributed by atoms with E-state index in [0.29, 0.717) is 0 Å². The van der Waals surface area contributed by atoms with Crippen LogP contribution in [0.1, 0.15) is 34.1 Å². The van der Waals surface area contributed by atoms with Crippen molar-refractivity contribution in [3.63, 3.8) is 0 Å². The van der Waals surface area contributed by atoms with Crippen molar-refractivity contribution in [2.45, 2.75) is 70.2 Å². The second-order valence-electron chi connectivity index (χ2n) is 9.00. The third-order valence-electron chi connectivity index (χ3n) is 6.15. The summed E-state index contributed by atoms with van der Waals surface area (Å²) in [4.78, 5) is 50.5. The average Bonchev–Trinajstić information content (AvgIpc) is 3.45. The molecule has 174 valence electrons. The molecule has 3 fully saturated rings. The number of aliphatic hydroxyl groups is 1. The van der Waals surface area contributed by atoms with E-state index >= 15 is 0 Å². The van der Waals surface area contributed by atoms with E-state index in [-0.39, 0.29) is 29.1 Å². The number of hydrogen-bond donors (Lipinski definition) is 1. The summed E-state index contributed by atoms with van der Waals surface area (Å²) < 4.78 is 22.1. The molecule has 3 rings (SSSR count). The number of fused-ring (bicyclic) bond motifs is 2. The van der Waals surface area contributed by atoms with Gasteiger partial charge in [0, 0.05) is 16.7 Å². The second-order valence-corrected chi connectivity index (χ2v) is 9.00. The summed E-state index contributed by atoms with van der Waals surface area (Å²) in [6.45, 7) is 16.6. The van der Waals surface area contributed by atoms with Crippen molar-refractivity contribution >= 4 is 23.7 Å². The molecular formula is C23H28O9. The van der Waals surface area contributed by atoms with Crippen molar-refractivity contribution in [2.75, 3.05) is 0 Å². The van der Waals surface area contributed by atoms with Crippen LogP contribution in [0, 0.1) is 11.8 Å².